The lowest BCUT2D eigenvalue weighted by Crippen LogP contribution is -2.40. The molecule has 3 heterocycles. The Morgan fingerprint density at radius 3 is 2.72 bits per heavy atom. The molecule has 1 atom stereocenters. The molecule has 1 aromatic carbocycles. The van der Waals surface area contributed by atoms with Gasteiger partial charge in [0.25, 0.3) is 0 Å². The second-order valence-electron chi connectivity index (χ2n) is 7.39. The van der Waals surface area contributed by atoms with Crippen LogP contribution in [-0.2, 0) is 16.0 Å². The minimum atomic E-state index is -0.122. The Kier molecular flexibility index (Phi) is 5.47. The van der Waals surface area contributed by atoms with Crippen LogP contribution in [0.25, 0.3) is 16.7 Å². The van der Waals surface area contributed by atoms with Crippen LogP contribution in [0.5, 0.6) is 0 Å². The largest absolute Gasteiger partial charge is 0.466 e. The van der Waals surface area contributed by atoms with Crippen molar-refractivity contribution in [1.82, 2.24) is 19.7 Å². The number of aryl methyl sites for hydroxylation is 2. The first-order valence-electron chi connectivity index (χ1n) is 10.4. The minimum absolute atomic E-state index is 0.116. The molecule has 0 radical (unpaired) electrons. The molecular weight excluding hydrogens is 366 g/mol. The molecule has 1 unspecified atom stereocenters. The normalized spacial score (nSPS) is 16.9. The van der Waals surface area contributed by atoms with Gasteiger partial charge in [-0.25, -0.2) is 14.6 Å². The number of esters is 1. The quantitative estimate of drug-likeness (QED) is 0.618. The highest BCUT2D eigenvalue weighted by Crippen LogP contribution is 2.32. The molecule has 0 saturated carbocycles. The monoisotopic (exact) mass is 393 g/mol. The van der Waals surface area contributed by atoms with Gasteiger partial charge in [-0.05, 0) is 38.8 Å². The van der Waals surface area contributed by atoms with Crippen molar-refractivity contribution < 1.29 is 9.53 Å². The van der Waals surface area contributed by atoms with E-state index in [1.807, 2.05) is 48.9 Å². The molecule has 29 heavy (non-hydrogen) atoms. The Morgan fingerprint density at radius 1 is 1.21 bits per heavy atom. The molecule has 7 nitrogen and oxygen atoms in total. The van der Waals surface area contributed by atoms with Crippen LogP contribution < -0.4 is 4.90 Å². The zero-order chi connectivity index (χ0) is 20.4. The van der Waals surface area contributed by atoms with Crippen molar-refractivity contribution in [1.29, 1.82) is 0 Å². The van der Waals surface area contributed by atoms with Gasteiger partial charge in [0.2, 0.25) is 0 Å². The Balaban J connectivity index is 1.80. The minimum Gasteiger partial charge on any atom is -0.466 e. The number of piperidine rings is 1. The Labute approximate surface area is 170 Å². The van der Waals surface area contributed by atoms with Gasteiger partial charge in [0.15, 0.2) is 5.65 Å². The maximum absolute atomic E-state index is 12.3. The molecule has 0 spiro atoms. The van der Waals surface area contributed by atoms with Crippen LogP contribution >= 0.6 is 0 Å². The van der Waals surface area contributed by atoms with Crippen molar-refractivity contribution in [2.24, 2.45) is 5.92 Å². The van der Waals surface area contributed by atoms with E-state index < -0.39 is 0 Å². The Hall–Kier alpha value is -2.96. The second-order valence-corrected chi connectivity index (χ2v) is 7.39. The van der Waals surface area contributed by atoms with E-state index in [9.17, 15) is 4.79 Å². The van der Waals surface area contributed by atoms with Crippen LogP contribution in [0.15, 0.2) is 30.3 Å². The smallest absolute Gasteiger partial charge is 0.310 e. The first-order valence-corrected chi connectivity index (χ1v) is 10.4. The molecule has 7 heteroatoms. The van der Waals surface area contributed by atoms with Crippen LogP contribution in [-0.4, -0.2) is 45.4 Å². The lowest BCUT2D eigenvalue weighted by Gasteiger charge is -2.32. The molecule has 3 aromatic rings. The van der Waals surface area contributed by atoms with Gasteiger partial charge in [-0.1, -0.05) is 25.1 Å². The van der Waals surface area contributed by atoms with Gasteiger partial charge in [0.05, 0.1) is 29.3 Å². The zero-order valence-electron chi connectivity index (χ0n) is 17.3. The summed E-state index contributed by atoms with van der Waals surface area (Å²) in [5, 5.41) is 5.72. The number of para-hydroxylation sites is 1. The van der Waals surface area contributed by atoms with E-state index in [1.54, 1.807) is 0 Å². The summed E-state index contributed by atoms with van der Waals surface area (Å²) in [6.45, 7) is 7.79. The number of nitrogens with zero attached hydrogens (tertiary/aromatic N) is 5. The van der Waals surface area contributed by atoms with Crippen molar-refractivity contribution in [2.45, 2.75) is 40.0 Å². The molecule has 0 N–H and O–H groups in total. The Morgan fingerprint density at radius 2 is 2.00 bits per heavy atom. The molecule has 0 aliphatic carbocycles. The topological polar surface area (TPSA) is 73.1 Å². The molecule has 1 fully saturated rings. The third-order valence-corrected chi connectivity index (χ3v) is 5.39. The second kappa shape index (κ2) is 8.19. The van der Waals surface area contributed by atoms with Crippen molar-refractivity contribution >= 4 is 22.8 Å². The van der Waals surface area contributed by atoms with Crippen LogP contribution in [0.4, 0.5) is 5.82 Å². The van der Waals surface area contributed by atoms with E-state index in [2.05, 4.69) is 11.8 Å². The van der Waals surface area contributed by atoms with Gasteiger partial charge < -0.3 is 9.64 Å². The van der Waals surface area contributed by atoms with Crippen LogP contribution in [0.2, 0.25) is 0 Å². The zero-order valence-corrected chi connectivity index (χ0v) is 17.3. The van der Waals surface area contributed by atoms with E-state index in [1.165, 1.54) is 0 Å². The van der Waals surface area contributed by atoms with Gasteiger partial charge in [-0.2, -0.15) is 5.10 Å². The Bertz CT molecular complexity index is 1010. The number of carbonyl (C=O) groups excluding carboxylic acids is 1. The summed E-state index contributed by atoms with van der Waals surface area (Å²) in [5.41, 5.74) is 2.67. The molecule has 1 aliphatic rings. The fourth-order valence-electron chi connectivity index (χ4n) is 3.96. The third-order valence-electron chi connectivity index (χ3n) is 5.39. The highest BCUT2D eigenvalue weighted by atomic mass is 16.5. The van der Waals surface area contributed by atoms with Crippen molar-refractivity contribution in [3.8, 4) is 5.69 Å². The first kappa shape index (κ1) is 19.4. The predicted molar refractivity (Wildman–Crippen MR) is 112 cm³/mol. The van der Waals surface area contributed by atoms with Gasteiger partial charge in [-0.3, -0.25) is 4.79 Å². The predicted octanol–water partition coefficient (Wildman–Crippen LogP) is 3.47. The van der Waals surface area contributed by atoms with E-state index >= 15 is 0 Å². The summed E-state index contributed by atoms with van der Waals surface area (Å²) < 4.78 is 7.16. The van der Waals surface area contributed by atoms with Crippen LogP contribution in [0.1, 0.15) is 38.2 Å². The molecule has 4 rings (SSSR count). The van der Waals surface area contributed by atoms with Crippen molar-refractivity contribution in [2.75, 3.05) is 24.6 Å². The number of anilines is 1. The summed E-state index contributed by atoms with van der Waals surface area (Å²) in [4.78, 5) is 24.2. The number of ether oxygens (including phenoxy) is 1. The molecule has 0 amide bonds. The maximum atomic E-state index is 12.3. The SMILES string of the molecule is CCOC(=O)C1CCCN(c2nc(CC)nc3c2c(C)nn3-c2ccccc2)C1. The lowest BCUT2D eigenvalue weighted by molar-refractivity contribution is -0.148. The van der Waals surface area contributed by atoms with Gasteiger partial charge >= 0.3 is 5.97 Å². The molecule has 1 saturated heterocycles. The molecule has 0 bridgehead atoms. The number of hydrogen-bond donors (Lipinski definition) is 0. The number of hydrogen-bond acceptors (Lipinski definition) is 6. The van der Waals surface area contributed by atoms with E-state index in [4.69, 9.17) is 19.8 Å². The highest BCUT2D eigenvalue weighted by Gasteiger charge is 2.30. The lowest BCUT2D eigenvalue weighted by atomic mass is 9.98. The fourth-order valence-corrected chi connectivity index (χ4v) is 3.96. The average molecular weight is 393 g/mol. The van der Waals surface area contributed by atoms with Crippen molar-refractivity contribution in [3.05, 3.63) is 41.9 Å². The van der Waals surface area contributed by atoms with Gasteiger partial charge in [0, 0.05) is 19.5 Å². The average Bonchev–Trinajstić information content (AvgIpc) is 3.10. The van der Waals surface area contributed by atoms with Gasteiger partial charge in [0.1, 0.15) is 11.6 Å². The molecule has 2 aromatic heterocycles. The van der Waals surface area contributed by atoms with E-state index in [0.29, 0.717) is 13.2 Å². The molecule has 1 aliphatic heterocycles. The number of aromatic nitrogens is 4. The number of rotatable bonds is 5. The summed E-state index contributed by atoms with van der Waals surface area (Å²) in [6, 6.07) is 10.0. The van der Waals surface area contributed by atoms with E-state index in [0.717, 1.165) is 59.9 Å². The maximum Gasteiger partial charge on any atom is 0.310 e. The van der Waals surface area contributed by atoms with Crippen LogP contribution in [0.3, 0.4) is 0 Å². The van der Waals surface area contributed by atoms with Gasteiger partial charge in [-0.15, -0.1) is 0 Å². The van der Waals surface area contributed by atoms with E-state index in [-0.39, 0.29) is 11.9 Å². The summed E-state index contributed by atoms with van der Waals surface area (Å²) in [6.07, 6.45) is 2.52. The number of fused-ring (bicyclic) bond motifs is 1. The highest BCUT2D eigenvalue weighted by molar-refractivity contribution is 5.91. The first-order chi connectivity index (χ1) is 14.1. The van der Waals surface area contributed by atoms with Crippen molar-refractivity contribution in [3.63, 3.8) is 0 Å². The molecule has 152 valence electrons. The fraction of sp³-hybridized carbons (Fsp3) is 0.455. The summed E-state index contributed by atoms with van der Waals surface area (Å²) >= 11 is 0. The summed E-state index contributed by atoms with van der Waals surface area (Å²) in [5.74, 6) is 1.42. The number of benzene rings is 1. The standard InChI is InChI=1S/C22H27N5O2/c1-4-18-23-20(26-13-9-10-16(14-26)22(28)29-5-2)19-15(3)25-27(21(19)24-18)17-11-7-6-8-12-17/h6-8,11-12,16H,4-5,9-10,13-14H2,1-3H3. The number of carbonyl (C=O) groups is 1. The third kappa shape index (κ3) is 3.69. The van der Waals surface area contributed by atoms with Crippen LogP contribution in [0, 0.1) is 12.8 Å². The summed E-state index contributed by atoms with van der Waals surface area (Å²) in [7, 11) is 0. The molecular formula is C22H27N5O2.